The number of aromatic nitrogens is 2. The zero-order valence-corrected chi connectivity index (χ0v) is 22.7. The highest BCUT2D eigenvalue weighted by Crippen LogP contribution is 2.27. The van der Waals surface area contributed by atoms with Crippen molar-refractivity contribution < 1.29 is 24.0 Å². The average molecular weight is 512 g/mol. The molecule has 3 atom stereocenters. The molecular weight excluding hydrogens is 474 g/mol. The van der Waals surface area contributed by atoms with Gasteiger partial charge in [-0.1, -0.05) is 37.8 Å². The van der Waals surface area contributed by atoms with Crippen molar-refractivity contribution in [3.8, 4) is 17.7 Å². The lowest BCUT2D eigenvalue weighted by Crippen LogP contribution is -2.50. The van der Waals surface area contributed by atoms with E-state index >= 15 is 0 Å². The van der Waals surface area contributed by atoms with E-state index in [0.717, 1.165) is 6.42 Å². The van der Waals surface area contributed by atoms with Crippen molar-refractivity contribution in [1.29, 1.82) is 0 Å². The molecule has 0 bridgehead atoms. The summed E-state index contributed by atoms with van der Waals surface area (Å²) in [6.07, 6.45) is 1.86. The van der Waals surface area contributed by atoms with Crippen LogP contribution in [0.2, 0.25) is 0 Å². The second-order valence-electron chi connectivity index (χ2n) is 10.1. The molecule has 3 rings (SSSR count). The third kappa shape index (κ3) is 6.80. The zero-order valence-electron chi connectivity index (χ0n) is 22.7. The lowest BCUT2D eigenvalue weighted by molar-refractivity contribution is 0.0356. The summed E-state index contributed by atoms with van der Waals surface area (Å²) in [5.41, 5.74) is 2.04. The molecule has 200 valence electrons. The predicted octanol–water partition coefficient (Wildman–Crippen LogP) is 3.47. The van der Waals surface area contributed by atoms with Crippen molar-refractivity contribution >= 4 is 17.6 Å². The minimum absolute atomic E-state index is 0.160. The van der Waals surface area contributed by atoms with Gasteiger partial charge in [-0.25, -0.2) is 9.78 Å². The molecule has 10 nitrogen and oxygen atoms in total. The highest BCUT2D eigenvalue weighted by Gasteiger charge is 2.34. The molecular formula is C27H37N5O5. The van der Waals surface area contributed by atoms with Crippen LogP contribution in [0.3, 0.4) is 0 Å². The Kier molecular flexibility index (Phi) is 9.16. The normalized spacial score (nSPS) is 18.2. The summed E-state index contributed by atoms with van der Waals surface area (Å²) in [6, 6.07) is 0.946. The molecule has 1 aliphatic heterocycles. The van der Waals surface area contributed by atoms with Crippen LogP contribution in [0.5, 0.6) is 5.88 Å². The number of urea groups is 1. The van der Waals surface area contributed by atoms with E-state index in [1.165, 1.54) is 4.90 Å². The number of anilines is 1. The Morgan fingerprint density at radius 1 is 1.35 bits per heavy atom. The lowest BCUT2D eigenvalue weighted by Gasteiger charge is -2.37. The number of nitrogens with one attached hydrogen (secondary N) is 1. The number of aliphatic hydroxyl groups excluding tert-OH is 1. The zero-order chi connectivity index (χ0) is 27.3. The molecule has 3 amide bonds. The van der Waals surface area contributed by atoms with Gasteiger partial charge in [0.15, 0.2) is 5.76 Å². The van der Waals surface area contributed by atoms with Gasteiger partial charge in [0, 0.05) is 37.7 Å². The van der Waals surface area contributed by atoms with Gasteiger partial charge < -0.3 is 29.5 Å². The molecule has 37 heavy (non-hydrogen) atoms. The SMILES string of the molecule is Cc1noc(C)c1NC(=O)N(C)C[C@@H]1Oc2ncc(C#CCC(C)C)cc2C(=O)N([C@H](C)CO)C[C@@H]1C. The summed E-state index contributed by atoms with van der Waals surface area (Å²) >= 11 is 0. The van der Waals surface area contributed by atoms with Gasteiger partial charge in [-0.2, -0.15) is 0 Å². The van der Waals surface area contributed by atoms with Crippen LogP contribution in [0.4, 0.5) is 10.5 Å². The number of likely N-dealkylation sites (N-methyl/N-ethyl adjacent to an activating group) is 1. The van der Waals surface area contributed by atoms with E-state index in [-0.39, 0.29) is 42.5 Å². The van der Waals surface area contributed by atoms with Crippen LogP contribution < -0.4 is 10.1 Å². The largest absolute Gasteiger partial charge is 0.472 e. The summed E-state index contributed by atoms with van der Waals surface area (Å²) in [6.45, 7) is 11.8. The monoisotopic (exact) mass is 511 g/mol. The van der Waals surface area contributed by atoms with Crippen molar-refractivity contribution in [3.05, 3.63) is 34.8 Å². The smallest absolute Gasteiger partial charge is 0.321 e. The van der Waals surface area contributed by atoms with Crippen LogP contribution in [0.15, 0.2) is 16.8 Å². The molecule has 0 fully saturated rings. The molecule has 2 N–H and O–H groups in total. The molecule has 0 unspecified atom stereocenters. The maximum Gasteiger partial charge on any atom is 0.321 e. The van der Waals surface area contributed by atoms with E-state index in [1.54, 1.807) is 45.0 Å². The quantitative estimate of drug-likeness (QED) is 0.570. The van der Waals surface area contributed by atoms with Gasteiger partial charge in [-0.3, -0.25) is 4.79 Å². The van der Waals surface area contributed by atoms with Gasteiger partial charge in [0.2, 0.25) is 5.88 Å². The maximum atomic E-state index is 13.5. The molecule has 0 radical (unpaired) electrons. The summed E-state index contributed by atoms with van der Waals surface area (Å²) in [5, 5.41) is 16.5. The molecule has 0 saturated carbocycles. The van der Waals surface area contributed by atoms with Crippen molar-refractivity contribution in [2.24, 2.45) is 11.8 Å². The van der Waals surface area contributed by atoms with Crippen LogP contribution >= 0.6 is 0 Å². The van der Waals surface area contributed by atoms with Crippen molar-refractivity contribution in [2.75, 3.05) is 32.1 Å². The average Bonchev–Trinajstić information content (AvgIpc) is 3.17. The topological polar surface area (TPSA) is 121 Å². The Labute approximate surface area is 218 Å². The first-order chi connectivity index (χ1) is 17.5. The Morgan fingerprint density at radius 2 is 2.08 bits per heavy atom. The van der Waals surface area contributed by atoms with Crippen LogP contribution in [0.1, 0.15) is 61.5 Å². The fourth-order valence-corrected chi connectivity index (χ4v) is 3.96. The Hall–Kier alpha value is -3.58. The summed E-state index contributed by atoms with van der Waals surface area (Å²) in [4.78, 5) is 34.0. The fourth-order valence-electron chi connectivity index (χ4n) is 3.96. The first-order valence-electron chi connectivity index (χ1n) is 12.5. The van der Waals surface area contributed by atoms with E-state index in [4.69, 9.17) is 9.26 Å². The molecule has 10 heteroatoms. The first-order valence-corrected chi connectivity index (χ1v) is 12.5. The second-order valence-corrected chi connectivity index (χ2v) is 10.1. The predicted molar refractivity (Wildman–Crippen MR) is 139 cm³/mol. The Balaban J connectivity index is 1.88. The van der Waals surface area contributed by atoms with E-state index in [0.29, 0.717) is 35.2 Å². The number of aryl methyl sites for hydroxylation is 2. The second kappa shape index (κ2) is 12.1. The van der Waals surface area contributed by atoms with E-state index in [1.807, 2.05) is 6.92 Å². The van der Waals surface area contributed by atoms with E-state index in [9.17, 15) is 14.7 Å². The summed E-state index contributed by atoms with van der Waals surface area (Å²) in [5.74, 6) is 6.90. The van der Waals surface area contributed by atoms with Gasteiger partial charge in [0.1, 0.15) is 23.0 Å². The van der Waals surface area contributed by atoms with Gasteiger partial charge in [0.05, 0.1) is 19.2 Å². The number of rotatable bonds is 6. The van der Waals surface area contributed by atoms with Gasteiger partial charge in [-0.05, 0) is 32.8 Å². The van der Waals surface area contributed by atoms with Gasteiger partial charge >= 0.3 is 6.03 Å². The number of carbonyl (C=O) groups is 2. The maximum absolute atomic E-state index is 13.5. The van der Waals surface area contributed by atoms with Crippen LogP contribution in [0.25, 0.3) is 0 Å². The number of ether oxygens (including phenoxy) is 1. The van der Waals surface area contributed by atoms with Crippen molar-refractivity contribution in [2.45, 2.75) is 60.1 Å². The fraction of sp³-hybridized carbons (Fsp3) is 0.556. The number of fused-ring (bicyclic) bond motifs is 1. The summed E-state index contributed by atoms with van der Waals surface area (Å²) < 4.78 is 11.4. The molecule has 1 aliphatic rings. The van der Waals surface area contributed by atoms with Crippen molar-refractivity contribution in [1.82, 2.24) is 19.9 Å². The minimum Gasteiger partial charge on any atom is -0.472 e. The van der Waals surface area contributed by atoms with E-state index < -0.39 is 12.1 Å². The third-order valence-corrected chi connectivity index (χ3v) is 6.33. The van der Waals surface area contributed by atoms with E-state index in [2.05, 4.69) is 41.1 Å². The highest BCUT2D eigenvalue weighted by molar-refractivity contribution is 5.97. The van der Waals surface area contributed by atoms with Crippen LogP contribution in [-0.2, 0) is 0 Å². The molecule has 2 aromatic rings. The summed E-state index contributed by atoms with van der Waals surface area (Å²) in [7, 11) is 1.67. The molecule has 0 aromatic carbocycles. The van der Waals surface area contributed by atoms with Gasteiger partial charge in [-0.15, -0.1) is 0 Å². The number of carbonyl (C=O) groups excluding carboxylic acids is 2. The number of nitrogens with zero attached hydrogens (tertiary/aromatic N) is 4. The minimum atomic E-state index is -0.467. The lowest BCUT2D eigenvalue weighted by atomic mass is 10.00. The standard InChI is InChI=1S/C27H37N5O5/c1-16(2)9-8-10-21-11-22-25(28-12-21)36-23(17(3)13-32(26(22)34)18(4)15-33)14-31(7)27(35)29-24-19(5)30-37-20(24)6/h11-12,16-18,23,33H,9,13-15H2,1-7H3,(H,29,35)/t17-,18+,23-/m0/s1. The number of pyridine rings is 1. The number of amides is 3. The van der Waals surface area contributed by atoms with Crippen molar-refractivity contribution in [3.63, 3.8) is 0 Å². The highest BCUT2D eigenvalue weighted by atomic mass is 16.5. The number of hydrogen-bond acceptors (Lipinski definition) is 7. The first kappa shape index (κ1) is 28.0. The molecule has 2 aromatic heterocycles. The Morgan fingerprint density at radius 3 is 2.70 bits per heavy atom. The van der Waals surface area contributed by atoms with Gasteiger partial charge in [0.25, 0.3) is 5.91 Å². The Bertz CT molecular complexity index is 1160. The van der Waals surface area contributed by atoms with Crippen LogP contribution in [0, 0.1) is 37.5 Å². The molecule has 0 aliphatic carbocycles. The number of hydrogen-bond donors (Lipinski definition) is 2. The van der Waals surface area contributed by atoms with Crippen LogP contribution in [-0.4, -0.2) is 75.9 Å². The molecule has 0 spiro atoms. The third-order valence-electron chi connectivity index (χ3n) is 6.33. The molecule has 3 heterocycles. The molecule has 0 saturated heterocycles. The number of aliphatic hydroxyl groups is 1.